The Hall–Kier alpha value is -0.380. The summed E-state index contributed by atoms with van der Waals surface area (Å²) in [5, 5.41) is 12.4. The predicted octanol–water partition coefficient (Wildman–Crippen LogP) is 1.10. The zero-order chi connectivity index (χ0) is 11.7. The van der Waals surface area contributed by atoms with Crippen molar-refractivity contribution in [2.24, 2.45) is 5.92 Å². The molecule has 0 aliphatic rings. The highest BCUT2D eigenvalue weighted by Gasteiger charge is 2.11. The number of aliphatic hydroxyl groups is 1. The van der Waals surface area contributed by atoms with E-state index in [2.05, 4.69) is 37.6 Å². The van der Waals surface area contributed by atoms with E-state index in [-0.39, 0.29) is 6.61 Å². The number of nitrogens with zero attached hydrogens (tertiary/aromatic N) is 1. The summed E-state index contributed by atoms with van der Waals surface area (Å²) in [4.78, 5) is 2.22. The minimum absolute atomic E-state index is 0.211. The lowest BCUT2D eigenvalue weighted by molar-refractivity contribution is 0.169. The highest BCUT2D eigenvalue weighted by Crippen LogP contribution is 1.98. The monoisotopic (exact) mass is 214 g/mol. The molecule has 2 N–H and O–H groups in total. The first-order valence-corrected chi connectivity index (χ1v) is 5.78. The number of hydrogen-bond donors (Lipinski definition) is 2. The van der Waals surface area contributed by atoms with Gasteiger partial charge in [0.25, 0.3) is 0 Å². The summed E-state index contributed by atoms with van der Waals surface area (Å²) in [6.45, 7) is 14.1. The lowest BCUT2D eigenvalue weighted by Crippen LogP contribution is -2.42. The molecule has 0 aliphatic carbocycles. The van der Waals surface area contributed by atoms with Crippen LogP contribution < -0.4 is 5.32 Å². The molecular formula is C12H26N2O. The van der Waals surface area contributed by atoms with Crippen molar-refractivity contribution in [1.29, 1.82) is 0 Å². The van der Waals surface area contributed by atoms with Gasteiger partial charge in [0.2, 0.25) is 0 Å². The van der Waals surface area contributed by atoms with Crippen molar-refractivity contribution in [3.8, 4) is 0 Å². The van der Waals surface area contributed by atoms with Crippen LogP contribution in [0.15, 0.2) is 12.7 Å². The Morgan fingerprint density at radius 3 is 2.47 bits per heavy atom. The summed E-state index contributed by atoms with van der Waals surface area (Å²) >= 11 is 0. The molecule has 0 aromatic heterocycles. The van der Waals surface area contributed by atoms with Crippen LogP contribution in [0.4, 0.5) is 0 Å². The molecule has 3 heteroatoms. The number of nitrogens with one attached hydrogen (secondary N) is 1. The maximum atomic E-state index is 8.93. The second-order valence-electron chi connectivity index (χ2n) is 4.41. The zero-order valence-corrected chi connectivity index (χ0v) is 10.4. The van der Waals surface area contributed by atoms with Gasteiger partial charge < -0.3 is 10.4 Å². The highest BCUT2D eigenvalue weighted by molar-refractivity contribution is 4.78. The van der Waals surface area contributed by atoms with Gasteiger partial charge in [-0.3, -0.25) is 4.90 Å². The Bertz CT molecular complexity index is 160. The topological polar surface area (TPSA) is 35.5 Å². The molecule has 0 spiro atoms. The van der Waals surface area contributed by atoms with E-state index in [0.29, 0.717) is 12.0 Å². The minimum atomic E-state index is 0.211. The average molecular weight is 214 g/mol. The summed E-state index contributed by atoms with van der Waals surface area (Å²) in [5.41, 5.74) is 0. The van der Waals surface area contributed by atoms with E-state index in [0.717, 1.165) is 26.2 Å². The van der Waals surface area contributed by atoms with Gasteiger partial charge in [0.05, 0.1) is 6.61 Å². The fourth-order valence-electron chi connectivity index (χ4n) is 1.50. The van der Waals surface area contributed by atoms with Gasteiger partial charge in [0.1, 0.15) is 0 Å². The Morgan fingerprint density at radius 1 is 1.33 bits per heavy atom. The first-order valence-electron chi connectivity index (χ1n) is 5.78. The zero-order valence-electron chi connectivity index (χ0n) is 10.4. The summed E-state index contributed by atoms with van der Waals surface area (Å²) in [5.74, 6) is 0.683. The fraction of sp³-hybridized carbons (Fsp3) is 0.833. The van der Waals surface area contributed by atoms with Crippen molar-refractivity contribution in [1.82, 2.24) is 10.2 Å². The van der Waals surface area contributed by atoms with E-state index in [1.54, 1.807) is 0 Å². The smallest absolute Gasteiger partial charge is 0.0558 e. The lowest BCUT2D eigenvalue weighted by atomic mass is 10.2. The van der Waals surface area contributed by atoms with Crippen molar-refractivity contribution in [3.05, 3.63) is 12.7 Å². The minimum Gasteiger partial charge on any atom is -0.395 e. The predicted molar refractivity (Wildman–Crippen MR) is 66.0 cm³/mol. The summed E-state index contributed by atoms with van der Waals surface area (Å²) in [6.07, 6.45) is 1.88. The third-order valence-corrected chi connectivity index (χ3v) is 2.37. The van der Waals surface area contributed by atoms with Crippen LogP contribution in [0.3, 0.4) is 0 Å². The lowest BCUT2D eigenvalue weighted by Gasteiger charge is -2.27. The maximum absolute atomic E-state index is 8.93. The SMILES string of the molecule is C=CCN(CCO)C(C)CNCC(C)C. The quantitative estimate of drug-likeness (QED) is 0.564. The van der Waals surface area contributed by atoms with Crippen molar-refractivity contribution >= 4 is 0 Å². The molecule has 15 heavy (non-hydrogen) atoms. The van der Waals surface area contributed by atoms with Gasteiger partial charge in [-0.15, -0.1) is 6.58 Å². The summed E-state index contributed by atoms with van der Waals surface area (Å²) in [7, 11) is 0. The number of aliphatic hydroxyl groups excluding tert-OH is 1. The second kappa shape index (κ2) is 8.89. The molecule has 3 nitrogen and oxygen atoms in total. The van der Waals surface area contributed by atoms with Crippen LogP contribution in [-0.4, -0.2) is 48.8 Å². The van der Waals surface area contributed by atoms with E-state index >= 15 is 0 Å². The van der Waals surface area contributed by atoms with Gasteiger partial charge in [-0.1, -0.05) is 19.9 Å². The molecule has 0 heterocycles. The van der Waals surface area contributed by atoms with E-state index in [9.17, 15) is 0 Å². The Kier molecular flexibility index (Phi) is 8.67. The van der Waals surface area contributed by atoms with Crippen molar-refractivity contribution in [2.75, 3.05) is 32.8 Å². The van der Waals surface area contributed by atoms with E-state index in [4.69, 9.17) is 5.11 Å². The molecule has 0 radical (unpaired) electrons. The molecule has 0 bridgehead atoms. The third-order valence-electron chi connectivity index (χ3n) is 2.37. The van der Waals surface area contributed by atoms with Crippen LogP contribution in [0.5, 0.6) is 0 Å². The van der Waals surface area contributed by atoms with Crippen molar-refractivity contribution in [2.45, 2.75) is 26.8 Å². The summed E-state index contributed by atoms with van der Waals surface area (Å²) in [6, 6.07) is 0.439. The van der Waals surface area contributed by atoms with Crippen LogP contribution in [0, 0.1) is 5.92 Å². The molecule has 1 unspecified atom stereocenters. The molecule has 0 aromatic rings. The van der Waals surface area contributed by atoms with Crippen LogP contribution in [0.1, 0.15) is 20.8 Å². The number of rotatable bonds is 9. The van der Waals surface area contributed by atoms with Gasteiger partial charge in [-0.05, 0) is 19.4 Å². The van der Waals surface area contributed by atoms with Crippen LogP contribution >= 0.6 is 0 Å². The third kappa shape index (κ3) is 7.54. The van der Waals surface area contributed by atoms with E-state index in [1.165, 1.54) is 0 Å². The Morgan fingerprint density at radius 2 is 2.00 bits per heavy atom. The molecule has 90 valence electrons. The van der Waals surface area contributed by atoms with Crippen LogP contribution in [0.2, 0.25) is 0 Å². The van der Waals surface area contributed by atoms with Gasteiger partial charge in [-0.25, -0.2) is 0 Å². The Balaban J connectivity index is 3.79. The molecule has 0 amide bonds. The first-order chi connectivity index (χ1) is 7.11. The standard InChI is InChI=1S/C12H26N2O/c1-5-6-14(7-8-15)12(4)10-13-9-11(2)3/h5,11-13,15H,1,6-10H2,2-4H3. The van der Waals surface area contributed by atoms with Gasteiger partial charge in [0.15, 0.2) is 0 Å². The average Bonchev–Trinajstić information content (AvgIpc) is 2.16. The largest absolute Gasteiger partial charge is 0.395 e. The fourth-order valence-corrected chi connectivity index (χ4v) is 1.50. The highest BCUT2D eigenvalue weighted by atomic mass is 16.3. The molecule has 0 aromatic carbocycles. The van der Waals surface area contributed by atoms with Gasteiger partial charge >= 0.3 is 0 Å². The van der Waals surface area contributed by atoms with Gasteiger partial charge in [0, 0.05) is 25.7 Å². The molecule has 1 atom stereocenters. The second-order valence-corrected chi connectivity index (χ2v) is 4.41. The molecule has 0 fully saturated rings. The molecule has 0 saturated heterocycles. The Labute approximate surface area is 94.2 Å². The molecule has 0 saturated carbocycles. The van der Waals surface area contributed by atoms with Gasteiger partial charge in [-0.2, -0.15) is 0 Å². The normalized spacial score (nSPS) is 13.5. The molecular weight excluding hydrogens is 188 g/mol. The van der Waals surface area contributed by atoms with E-state index < -0.39 is 0 Å². The molecule has 0 rings (SSSR count). The van der Waals surface area contributed by atoms with Crippen LogP contribution in [0.25, 0.3) is 0 Å². The summed E-state index contributed by atoms with van der Waals surface area (Å²) < 4.78 is 0. The van der Waals surface area contributed by atoms with E-state index in [1.807, 2.05) is 6.08 Å². The van der Waals surface area contributed by atoms with Crippen molar-refractivity contribution < 1.29 is 5.11 Å². The van der Waals surface area contributed by atoms with Crippen molar-refractivity contribution in [3.63, 3.8) is 0 Å². The first kappa shape index (κ1) is 14.6. The molecule has 0 aliphatic heterocycles. The number of hydrogen-bond acceptors (Lipinski definition) is 3. The maximum Gasteiger partial charge on any atom is 0.0558 e. The van der Waals surface area contributed by atoms with Crippen LogP contribution in [-0.2, 0) is 0 Å².